The third kappa shape index (κ3) is 4.66. The van der Waals surface area contributed by atoms with Gasteiger partial charge in [-0.1, -0.05) is 12.1 Å². The van der Waals surface area contributed by atoms with Crippen LogP contribution in [-0.2, 0) is 6.42 Å². The molecule has 0 bridgehead atoms. The van der Waals surface area contributed by atoms with E-state index in [1.54, 1.807) is 0 Å². The lowest BCUT2D eigenvalue weighted by Gasteiger charge is -2.38. The van der Waals surface area contributed by atoms with Gasteiger partial charge < -0.3 is 10.3 Å². The standard InChI is InChI=1S/C17H24N4/c1-14-13-20(2)9-10-21(14)8-7-17(19)11-15-3-5-16(12-18)6-4-15/h3-6,14,19H,7-11,13H2,1-2H3/t14-/m0/s1. The van der Waals surface area contributed by atoms with Gasteiger partial charge in [-0.05, 0) is 38.1 Å². The number of likely N-dealkylation sites (N-methyl/N-ethyl adjacent to an activating group) is 1. The monoisotopic (exact) mass is 284 g/mol. The van der Waals surface area contributed by atoms with E-state index in [0.29, 0.717) is 18.0 Å². The molecule has 0 saturated carbocycles. The Balaban J connectivity index is 1.78. The van der Waals surface area contributed by atoms with Gasteiger partial charge >= 0.3 is 0 Å². The van der Waals surface area contributed by atoms with Gasteiger partial charge in [0.2, 0.25) is 0 Å². The summed E-state index contributed by atoms with van der Waals surface area (Å²) in [4.78, 5) is 4.84. The molecule has 1 fully saturated rings. The Morgan fingerprint density at radius 2 is 2.05 bits per heavy atom. The van der Waals surface area contributed by atoms with Gasteiger partial charge in [0.1, 0.15) is 0 Å². The van der Waals surface area contributed by atoms with Crippen LogP contribution in [0, 0.1) is 16.7 Å². The molecule has 0 radical (unpaired) electrons. The largest absolute Gasteiger partial charge is 0.309 e. The van der Waals surface area contributed by atoms with Crippen molar-refractivity contribution in [1.82, 2.24) is 9.80 Å². The van der Waals surface area contributed by atoms with Gasteiger partial charge in [0.25, 0.3) is 0 Å². The molecule has 0 aromatic heterocycles. The highest BCUT2D eigenvalue weighted by atomic mass is 15.3. The number of piperazine rings is 1. The van der Waals surface area contributed by atoms with E-state index in [9.17, 15) is 0 Å². The minimum Gasteiger partial charge on any atom is -0.309 e. The SMILES string of the molecule is C[C@H]1CN(C)CCN1CCC(=N)Cc1ccc(C#N)cc1. The minimum atomic E-state index is 0.575. The smallest absolute Gasteiger partial charge is 0.0991 e. The fraction of sp³-hybridized carbons (Fsp3) is 0.529. The first-order valence-corrected chi connectivity index (χ1v) is 7.56. The number of nitrogens with one attached hydrogen (secondary N) is 1. The van der Waals surface area contributed by atoms with E-state index in [4.69, 9.17) is 10.7 Å². The Labute approximate surface area is 127 Å². The maximum Gasteiger partial charge on any atom is 0.0991 e. The quantitative estimate of drug-likeness (QED) is 0.843. The zero-order valence-electron chi connectivity index (χ0n) is 13.0. The normalized spacial score (nSPS) is 20.1. The molecule has 4 heteroatoms. The lowest BCUT2D eigenvalue weighted by atomic mass is 10.0. The van der Waals surface area contributed by atoms with Gasteiger partial charge in [-0.15, -0.1) is 0 Å². The van der Waals surface area contributed by atoms with Gasteiger partial charge in [0.15, 0.2) is 0 Å². The molecule has 1 aromatic carbocycles. The van der Waals surface area contributed by atoms with Crippen LogP contribution < -0.4 is 0 Å². The lowest BCUT2D eigenvalue weighted by molar-refractivity contribution is 0.103. The molecule has 1 aliphatic rings. The summed E-state index contributed by atoms with van der Waals surface area (Å²) < 4.78 is 0. The number of rotatable bonds is 5. The van der Waals surface area contributed by atoms with E-state index in [1.807, 2.05) is 24.3 Å². The van der Waals surface area contributed by atoms with Gasteiger partial charge in [0, 0.05) is 44.4 Å². The summed E-state index contributed by atoms with van der Waals surface area (Å²) in [7, 11) is 2.17. The second kappa shape index (κ2) is 7.35. The zero-order chi connectivity index (χ0) is 15.2. The van der Waals surface area contributed by atoms with Crippen LogP contribution in [0.2, 0.25) is 0 Å². The summed E-state index contributed by atoms with van der Waals surface area (Å²) >= 11 is 0. The Kier molecular flexibility index (Phi) is 5.49. The molecule has 0 amide bonds. The summed E-state index contributed by atoms with van der Waals surface area (Å²) in [6.07, 6.45) is 1.52. The molecular weight excluding hydrogens is 260 g/mol. The van der Waals surface area contributed by atoms with Crippen LogP contribution in [0.4, 0.5) is 0 Å². The van der Waals surface area contributed by atoms with Crippen molar-refractivity contribution in [2.24, 2.45) is 0 Å². The van der Waals surface area contributed by atoms with Crippen molar-refractivity contribution in [3.05, 3.63) is 35.4 Å². The summed E-state index contributed by atoms with van der Waals surface area (Å²) in [5.41, 5.74) is 2.56. The van der Waals surface area contributed by atoms with Crippen molar-refractivity contribution in [3.63, 3.8) is 0 Å². The van der Waals surface area contributed by atoms with Crippen molar-refractivity contribution in [1.29, 1.82) is 10.7 Å². The van der Waals surface area contributed by atoms with Crippen LogP contribution >= 0.6 is 0 Å². The second-order valence-corrected chi connectivity index (χ2v) is 5.99. The maximum absolute atomic E-state index is 8.78. The van der Waals surface area contributed by atoms with Crippen LogP contribution in [0.25, 0.3) is 0 Å². The van der Waals surface area contributed by atoms with Crippen LogP contribution in [-0.4, -0.2) is 54.8 Å². The molecule has 1 atom stereocenters. The van der Waals surface area contributed by atoms with Crippen molar-refractivity contribution in [2.75, 3.05) is 33.2 Å². The molecule has 21 heavy (non-hydrogen) atoms. The van der Waals surface area contributed by atoms with E-state index in [0.717, 1.165) is 43.9 Å². The van der Waals surface area contributed by atoms with E-state index >= 15 is 0 Å². The third-order valence-electron chi connectivity index (χ3n) is 4.17. The fourth-order valence-electron chi connectivity index (χ4n) is 2.82. The van der Waals surface area contributed by atoms with E-state index < -0.39 is 0 Å². The molecule has 1 N–H and O–H groups in total. The molecule has 0 spiro atoms. The minimum absolute atomic E-state index is 0.575. The molecule has 0 unspecified atom stereocenters. The van der Waals surface area contributed by atoms with E-state index in [1.165, 1.54) is 0 Å². The lowest BCUT2D eigenvalue weighted by Crippen LogP contribution is -2.50. The first-order chi connectivity index (χ1) is 10.1. The topological polar surface area (TPSA) is 54.1 Å². The summed E-state index contributed by atoms with van der Waals surface area (Å²) in [5.74, 6) is 0. The highest BCUT2D eigenvalue weighted by molar-refractivity contribution is 5.83. The molecule has 0 aliphatic carbocycles. The average Bonchev–Trinajstić information content (AvgIpc) is 2.47. The Hall–Kier alpha value is -1.70. The van der Waals surface area contributed by atoms with Crippen LogP contribution in [0.5, 0.6) is 0 Å². The molecular formula is C17H24N4. The number of nitriles is 1. The van der Waals surface area contributed by atoms with Crippen molar-refractivity contribution < 1.29 is 0 Å². The Morgan fingerprint density at radius 1 is 1.33 bits per heavy atom. The summed E-state index contributed by atoms with van der Waals surface area (Å²) in [5, 5.41) is 16.9. The first kappa shape index (κ1) is 15.7. The second-order valence-electron chi connectivity index (χ2n) is 5.99. The van der Waals surface area contributed by atoms with Crippen molar-refractivity contribution in [2.45, 2.75) is 25.8 Å². The van der Waals surface area contributed by atoms with Crippen molar-refractivity contribution >= 4 is 5.71 Å². The number of hydrogen-bond donors (Lipinski definition) is 1. The van der Waals surface area contributed by atoms with Gasteiger partial charge in [0.05, 0.1) is 11.6 Å². The van der Waals surface area contributed by atoms with E-state index in [2.05, 4.69) is 29.8 Å². The zero-order valence-corrected chi connectivity index (χ0v) is 13.0. The summed E-state index contributed by atoms with van der Waals surface area (Å²) in [6, 6.07) is 10.2. The molecule has 1 heterocycles. The third-order valence-corrected chi connectivity index (χ3v) is 4.17. The fourth-order valence-corrected chi connectivity index (χ4v) is 2.82. The van der Waals surface area contributed by atoms with Gasteiger partial charge in [-0.3, -0.25) is 4.90 Å². The highest BCUT2D eigenvalue weighted by Gasteiger charge is 2.20. The maximum atomic E-state index is 8.78. The Morgan fingerprint density at radius 3 is 2.67 bits per heavy atom. The number of hydrogen-bond acceptors (Lipinski definition) is 4. The molecule has 112 valence electrons. The highest BCUT2D eigenvalue weighted by Crippen LogP contribution is 2.10. The molecule has 4 nitrogen and oxygen atoms in total. The Bertz CT molecular complexity index is 515. The molecule has 1 saturated heterocycles. The van der Waals surface area contributed by atoms with Crippen LogP contribution in [0.15, 0.2) is 24.3 Å². The summed E-state index contributed by atoms with van der Waals surface area (Å²) in [6.45, 7) is 6.57. The molecule has 1 aromatic rings. The number of benzene rings is 1. The van der Waals surface area contributed by atoms with Crippen LogP contribution in [0.3, 0.4) is 0 Å². The predicted octanol–water partition coefficient (Wildman–Crippen LogP) is 2.15. The van der Waals surface area contributed by atoms with Gasteiger partial charge in [-0.2, -0.15) is 5.26 Å². The van der Waals surface area contributed by atoms with Gasteiger partial charge in [-0.25, -0.2) is 0 Å². The van der Waals surface area contributed by atoms with Crippen molar-refractivity contribution in [3.8, 4) is 6.07 Å². The molecule has 2 rings (SSSR count). The van der Waals surface area contributed by atoms with Crippen LogP contribution in [0.1, 0.15) is 24.5 Å². The number of nitrogens with zero attached hydrogens (tertiary/aromatic N) is 3. The first-order valence-electron chi connectivity index (χ1n) is 7.56. The molecule has 1 aliphatic heterocycles. The van der Waals surface area contributed by atoms with E-state index in [-0.39, 0.29) is 0 Å². The average molecular weight is 284 g/mol. The predicted molar refractivity (Wildman–Crippen MR) is 85.7 cm³/mol.